The van der Waals surface area contributed by atoms with Crippen molar-refractivity contribution in [2.45, 2.75) is 81.6 Å². The van der Waals surface area contributed by atoms with E-state index in [1.54, 1.807) is 16.4 Å². The highest BCUT2D eigenvalue weighted by Crippen LogP contribution is 2.21. The summed E-state index contributed by atoms with van der Waals surface area (Å²) in [4.78, 5) is 12.5. The zero-order valence-electron chi connectivity index (χ0n) is 16.2. The van der Waals surface area contributed by atoms with E-state index in [0.717, 1.165) is 44.1 Å². The van der Waals surface area contributed by atoms with Gasteiger partial charge in [0.1, 0.15) is 0 Å². The van der Waals surface area contributed by atoms with E-state index in [9.17, 15) is 13.2 Å². The van der Waals surface area contributed by atoms with Crippen LogP contribution in [0.5, 0.6) is 0 Å². The highest BCUT2D eigenvalue weighted by Gasteiger charge is 2.25. The maximum atomic E-state index is 12.8. The van der Waals surface area contributed by atoms with Gasteiger partial charge in [-0.3, -0.25) is 4.79 Å². The van der Waals surface area contributed by atoms with Crippen LogP contribution in [0.4, 0.5) is 0 Å². The Labute approximate surface area is 163 Å². The minimum atomic E-state index is -3.40. The highest BCUT2D eigenvalue weighted by atomic mass is 32.2. The smallest absolute Gasteiger partial charge is 0.243 e. The van der Waals surface area contributed by atoms with Gasteiger partial charge < -0.3 is 5.32 Å². The lowest BCUT2D eigenvalue weighted by atomic mass is 9.95. The molecule has 6 heteroatoms. The second-order valence-corrected chi connectivity index (χ2v) is 9.80. The first kappa shape index (κ1) is 20.3. The van der Waals surface area contributed by atoms with Crippen LogP contribution in [-0.4, -0.2) is 37.8 Å². The largest absolute Gasteiger partial charge is 0.353 e. The number of aryl methyl sites for hydroxylation is 1. The standard InChI is InChI=1S/C21H32N2O3S/c24-21(22-19-8-4-3-5-9-19)15-12-18-10-13-20(14-11-18)27(25,26)23-16-6-1-2-7-17-23/h10-11,13-14,19H,1-9,12,15-17H2,(H,22,24). The second kappa shape index (κ2) is 9.69. The van der Waals surface area contributed by atoms with Crippen molar-refractivity contribution < 1.29 is 13.2 Å². The third-order valence-electron chi connectivity index (χ3n) is 5.74. The zero-order chi connectivity index (χ0) is 19.1. The Bertz CT molecular complexity index is 701. The lowest BCUT2D eigenvalue weighted by molar-refractivity contribution is -0.121. The Hall–Kier alpha value is -1.40. The zero-order valence-corrected chi connectivity index (χ0v) is 17.0. The van der Waals surface area contributed by atoms with Crippen LogP contribution in [-0.2, 0) is 21.2 Å². The monoisotopic (exact) mass is 392 g/mol. The van der Waals surface area contributed by atoms with Gasteiger partial charge in [-0.05, 0) is 49.8 Å². The van der Waals surface area contributed by atoms with Crippen LogP contribution in [0.3, 0.4) is 0 Å². The van der Waals surface area contributed by atoms with E-state index in [1.165, 1.54) is 19.3 Å². The first-order valence-electron chi connectivity index (χ1n) is 10.4. The molecule has 2 fully saturated rings. The molecule has 150 valence electrons. The average Bonchev–Trinajstić information content (AvgIpc) is 2.98. The van der Waals surface area contributed by atoms with Crippen LogP contribution in [0.25, 0.3) is 0 Å². The van der Waals surface area contributed by atoms with Gasteiger partial charge >= 0.3 is 0 Å². The lowest BCUT2D eigenvalue weighted by Gasteiger charge is -2.22. The molecular formula is C21H32N2O3S. The van der Waals surface area contributed by atoms with Crippen LogP contribution < -0.4 is 5.32 Å². The molecule has 1 aliphatic heterocycles. The summed E-state index contributed by atoms with van der Waals surface area (Å²) in [6.45, 7) is 1.23. The topological polar surface area (TPSA) is 66.5 Å². The molecule has 0 atom stereocenters. The molecule has 1 aromatic rings. The third kappa shape index (κ3) is 5.79. The Kier molecular flexibility index (Phi) is 7.30. The summed E-state index contributed by atoms with van der Waals surface area (Å²) in [7, 11) is -3.40. The van der Waals surface area contributed by atoms with E-state index in [-0.39, 0.29) is 5.91 Å². The number of nitrogens with zero attached hydrogens (tertiary/aromatic N) is 1. The quantitative estimate of drug-likeness (QED) is 0.804. The Morgan fingerprint density at radius 2 is 1.52 bits per heavy atom. The lowest BCUT2D eigenvalue weighted by Crippen LogP contribution is -2.36. The van der Waals surface area contributed by atoms with Gasteiger partial charge in [-0.2, -0.15) is 4.31 Å². The molecule has 27 heavy (non-hydrogen) atoms. The van der Waals surface area contributed by atoms with Gasteiger partial charge in [-0.15, -0.1) is 0 Å². The molecule has 2 aliphatic rings. The van der Waals surface area contributed by atoms with Crippen molar-refractivity contribution in [1.82, 2.24) is 9.62 Å². The number of carbonyl (C=O) groups is 1. The normalized spacial score (nSPS) is 20.1. The molecule has 1 amide bonds. The van der Waals surface area contributed by atoms with E-state index in [2.05, 4.69) is 5.32 Å². The number of amides is 1. The van der Waals surface area contributed by atoms with E-state index in [4.69, 9.17) is 0 Å². The summed E-state index contributed by atoms with van der Waals surface area (Å²) in [5.41, 5.74) is 1.00. The maximum Gasteiger partial charge on any atom is 0.243 e. The number of sulfonamides is 1. The van der Waals surface area contributed by atoms with Crippen LogP contribution in [0.1, 0.15) is 69.8 Å². The minimum Gasteiger partial charge on any atom is -0.353 e. The van der Waals surface area contributed by atoms with Crippen molar-refractivity contribution in [1.29, 1.82) is 0 Å². The van der Waals surface area contributed by atoms with Gasteiger partial charge in [-0.1, -0.05) is 44.2 Å². The van der Waals surface area contributed by atoms with E-state index in [0.29, 0.717) is 36.9 Å². The van der Waals surface area contributed by atoms with Gasteiger partial charge in [0, 0.05) is 25.6 Å². The molecule has 0 spiro atoms. The molecule has 1 aromatic carbocycles. The molecule has 5 nitrogen and oxygen atoms in total. The second-order valence-electron chi connectivity index (χ2n) is 7.86. The molecule has 0 aromatic heterocycles. The van der Waals surface area contributed by atoms with E-state index < -0.39 is 10.0 Å². The fourth-order valence-corrected chi connectivity index (χ4v) is 5.58. The van der Waals surface area contributed by atoms with Crippen molar-refractivity contribution in [2.24, 2.45) is 0 Å². The van der Waals surface area contributed by atoms with Gasteiger partial charge in [0.2, 0.25) is 15.9 Å². The van der Waals surface area contributed by atoms with Crippen molar-refractivity contribution in [3.05, 3.63) is 29.8 Å². The first-order valence-corrected chi connectivity index (χ1v) is 11.9. The SMILES string of the molecule is O=C(CCc1ccc(S(=O)(=O)N2CCCCCC2)cc1)NC1CCCCC1. The van der Waals surface area contributed by atoms with Gasteiger partial charge in [0.25, 0.3) is 0 Å². The molecule has 0 radical (unpaired) electrons. The number of carbonyl (C=O) groups excluding carboxylic acids is 1. The summed E-state index contributed by atoms with van der Waals surface area (Å²) in [5, 5.41) is 3.13. The molecule has 1 N–H and O–H groups in total. The summed E-state index contributed by atoms with van der Waals surface area (Å²) >= 11 is 0. The van der Waals surface area contributed by atoms with Gasteiger partial charge in [-0.25, -0.2) is 8.42 Å². The van der Waals surface area contributed by atoms with Crippen molar-refractivity contribution >= 4 is 15.9 Å². The number of hydrogen-bond acceptors (Lipinski definition) is 3. The van der Waals surface area contributed by atoms with Crippen molar-refractivity contribution in [2.75, 3.05) is 13.1 Å². The van der Waals surface area contributed by atoms with E-state index >= 15 is 0 Å². The van der Waals surface area contributed by atoms with Crippen LogP contribution in [0.15, 0.2) is 29.2 Å². The molecule has 0 unspecified atom stereocenters. The summed E-state index contributed by atoms with van der Waals surface area (Å²) in [5.74, 6) is 0.100. The Morgan fingerprint density at radius 3 is 2.15 bits per heavy atom. The average molecular weight is 393 g/mol. The highest BCUT2D eigenvalue weighted by molar-refractivity contribution is 7.89. The molecule has 1 saturated heterocycles. The van der Waals surface area contributed by atoms with Crippen LogP contribution in [0, 0.1) is 0 Å². The number of hydrogen-bond donors (Lipinski definition) is 1. The molecule has 3 rings (SSSR count). The Balaban J connectivity index is 1.52. The summed E-state index contributed by atoms with van der Waals surface area (Å²) < 4.78 is 27.2. The number of benzene rings is 1. The minimum absolute atomic E-state index is 0.100. The molecular weight excluding hydrogens is 360 g/mol. The Morgan fingerprint density at radius 1 is 0.926 bits per heavy atom. The summed E-state index contributed by atoms with van der Waals surface area (Å²) in [6, 6.07) is 7.41. The number of rotatable bonds is 6. The molecule has 0 bridgehead atoms. The first-order chi connectivity index (χ1) is 13.1. The number of nitrogens with one attached hydrogen (secondary N) is 1. The molecule has 1 aliphatic carbocycles. The molecule has 1 heterocycles. The molecule has 1 saturated carbocycles. The maximum absolute atomic E-state index is 12.8. The van der Waals surface area contributed by atoms with Gasteiger partial charge in [0.05, 0.1) is 4.90 Å². The predicted molar refractivity (Wildman–Crippen MR) is 107 cm³/mol. The fraction of sp³-hybridized carbons (Fsp3) is 0.667. The van der Waals surface area contributed by atoms with Crippen LogP contribution in [0.2, 0.25) is 0 Å². The van der Waals surface area contributed by atoms with Crippen molar-refractivity contribution in [3.63, 3.8) is 0 Å². The van der Waals surface area contributed by atoms with Gasteiger partial charge in [0.15, 0.2) is 0 Å². The van der Waals surface area contributed by atoms with E-state index in [1.807, 2.05) is 12.1 Å². The predicted octanol–water partition coefficient (Wildman–Crippen LogP) is 3.63. The fourth-order valence-electron chi connectivity index (χ4n) is 4.06. The third-order valence-corrected chi connectivity index (χ3v) is 7.65. The van der Waals surface area contributed by atoms with Crippen LogP contribution >= 0.6 is 0 Å². The summed E-state index contributed by atoms with van der Waals surface area (Å²) in [6.07, 6.45) is 11.1. The van der Waals surface area contributed by atoms with Crippen molar-refractivity contribution in [3.8, 4) is 0 Å².